The minimum atomic E-state index is -0.657. The van der Waals surface area contributed by atoms with Crippen LogP contribution in [0.1, 0.15) is 23.4 Å². The van der Waals surface area contributed by atoms with E-state index in [2.05, 4.69) is 4.99 Å². The van der Waals surface area contributed by atoms with Crippen LogP contribution in [0.2, 0.25) is 0 Å². The summed E-state index contributed by atoms with van der Waals surface area (Å²) in [6.45, 7) is 2.08. The Morgan fingerprint density at radius 1 is 1.27 bits per heavy atom. The maximum absolute atomic E-state index is 13.4. The van der Waals surface area contributed by atoms with Crippen LogP contribution in [0.5, 0.6) is 0 Å². The van der Waals surface area contributed by atoms with Crippen molar-refractivity contribution in [1.82, 2.24) is 4.57 Å². The van der Waals surface area contributed by atoms with Crippen molar-refractivity contribution in [3.63, 3.8) is 0 Å². The maximum Gasteiger partial charge on any atom is 0.338 e. The van der Waals surface area contributed by atoms with Gasteiger partial charge in [0.15, 0.2) is 4.80 Å². The van der Waals surface area contributed by atoms with Gasteiger partial charge in [0.05, 0.1) is 27.3 Å². The number of carbonyl (C=O) groups is 1. The van der Waals surface area contributed by atoms with Crippen molar-refractivity contribution < 1.29 is 19.2 Å². The van der Waals surface area contributed by atoms with Crippen LogP contribution in [-0.4, -0.2) is 35.8 Å². The second-order valence-corrected chi connectivity index (χ2v) is 9.06. The zero-order valence-corrected chi connectivity index (χ0v) is 19.4. The van der Waals surface area contributed by atoms with E-state index >= 15 is 0 Å². The first-order chi connectivity index (χ1) is 15.9. The lowest BCUT2D eigenvalue weighted by atomic mass is 10.0. The molecule has 1 aliphatic rings. The van der Waals surface area contributed by atoms with E-state index < -0.39 is 16.9 Å². The van der Waals surface area contributed by atoms with Gasteiger partial charge >= 0.3 is 5.97 Å². The predicted octanol–water partition coefficient (Wildman–Crippen LogP) is 2.39. The molecule has 170 valence electrons. The van der Waals surface area contributed by atoms with E-state index in [1.54, 1.807) is 25.1 Å². The molecule has 2 aromatic heterocycles. The molecule has 0 radical (unpaired) electrons. The fourth-order valence-corrected chi connectivity index (χ4v) is 5.31. The number of rotatable bonds is 7. The number of nitrogens with zero attached hydrogens (tertiary/aromatic N) is 3. The Hall–Kier alpha value is -3.41. The van der Waals surface area contributed by atoms with Gasteiger partial charge in [-0.2, -0.15) is 0 Å². The van der Waals surface area contributed by atoms with Crippen molar-refractivity contribution in [3.05, 3.63) is 93.3 Å². The number of hydrogen-bond acceptors (Lipinski definition) is 9. The van der Waals surface area contributed by atoms with E-state index in [1.807, 2.05) is 17.5 Å². The van der Waals surface area contributed by atoms with Crippen molar-refractivity contribution in [3.8, 4) is 0 Å². The van der Waals surface area contributed by atoms with Crippen LogP contribution in [-0.2, 0) is 14.3 Å². The van der Waals surface area contributed by atoms with Crippen molar-refractivity contribution in [2.45, 2.75) is 13.0 Å². The van der Waals surface area contributed by atoms with Crippen LogP contribution >= 0.6 is 22.7 Å². The number of thiophene rings is 1. The van der Waals surface area contributed by atoms with Gasteiger partial charge in [0.25, 0.3) is 11.2 Å². The molecule has 0 unspecified atom stereocenters. The van der Waals surface area contributed by atoms with E-state index in [0.29, 0.717) is 26.2 Å². The van der Waals surface area contributed by atoms with Gasteiger partial charge in [0.2, 0.25) is 0 Å². The summed E-state index contributed by atoms with van der Waals surface area (Å²) in [5, 5.41) is 12.8. The lowest BCUT2D eigenvalue weighted by Crippen LogP contribution is -2.39. The number of fused-ring (bicyclic) bond motifs is 1. The number of thiazole rings is 1. The molecule has 1 aromatic carbocycles. The average molecular weight is 486 g/mol. The molecule has 0 fully saturated rings. The second kappa shape index (κ2) is 9.61. The van der Waals surface area contributed by atoms with Crippen LogP contribution in [0.25, 0.3) is 6.08 Å². The van der Waals surface area contributed by atoms with Crippen LogP contribution in [0.15, 0.2) is 62.8 Å². The number of allylic oxidation sites excluding steroid dienone is 1. The van der Waals surface area contributed by atoms with E-state index in [9.17, 15) is 19.7 Å². The lowest BCUT2D eigenvalue weighted by molar-refractivity contribution is -0.384. The molecule has 0 saturated heterocycles. The highest BCUT2D eigenvalue weighted by molar-refractivity contribution is 7.10. The molecular formula is C22H19N3O6S2. The summed E-state index contributed by atoms with van der Waals surface area (Å²) >= 11 is 2.63. The SMILES string of the molecule is COCCOC(=O)C1=C(C)N=c2s/c(=C\c3ccc([N+](=O)[O-])cc3)c(=O)n2[C@H]1c1cccs1. The fraction of sp³-hybridized carbons (Fsp3) is 0.227. The zero-order chi connectivity index (χ0) is 23.5. The number of esters is 1. The fourth-order valence-electron chi connectivity index (χ4n) is 3.44. The summed E-state index contributed by atoms with van der Waals surface area (Å²) in [4.78, 5) is 42.6. The van der Waals surface area contributed by atoms with Gasteiger partial charge in [-0.1, -0.05) is 17.4 Å². The molecule has 0 bridgehead atoms. The van der Waals surface area contributed by atoms with Gasteiger partial charge in [-0.3, -0.25) is 19.5 Å². The summed E-state index contributed by atoms with van der Waals surface area (Å²) in [7, 11) is 1.52. The summed E-state index contributed by atoms with van der Waals surface area (Å²) in [6, 6.07) is 8.99. The maximum atomic E-state index is 13.4. The Balaban J connectivity index is 1.82. The number of methoxy groups -OCH3 is 1. The quantitative estimate of drug-likeness (QED) is 0.220. The summed E-state index contributed by atoms with van der Waals surface area (Å²) in [5.41, 5.74) is 1.11. The first kappa shape index (κ1) is 22.8. The topological polar surface area (TPSA) is 113 Å². The van der Waals surface area contributed by atoms with Crippen LogP contribution < -0.4 is 14.9 Å². The number of carbonyl (C=O) groups excluding carboxylic acids is 1. The normalized spacial score (nSPS) is 15.8. The highest BCUT2D eigenvalue weighted by Gasteiger charge is 2.34. The minimum absolute atomic E-state index is 0.0291. The molecule has 3 aromatic rings. The Kier molecular flexibility index (Phi) is 6.63. The third-order valence-corrected chi connectivity index (χ3v) is 6.88. The number of aromatic nitrogens is 1. The van der Waals surface area contributed by atoms with E-state index in [0.717, 1.165) is 4.88 Å². The number of benzene rings is 1. The predicted molar refractivity (Wildman–Crippen MR) is 124 cm³/mol. The van der Waals surface area contributed by atoms with E-state index in [-0.39, 0.29) is 24.5 Å². The average Bonchev–Trinajstić information content (AvgIpc) is 3.42. The van der Waals surface area contributed by atoms with E-state index in [1.165, 1.54) is 46.5 Å². The monoisotopic (exact) mass is 485 g/mol. The smallest absolute Gasteiger partial charge is 0.338 e. The Morgan fingerprint density at radius 3 is 2.67 bits per heavy atom. The standard InChI is InChI=1S/C22H19N3O6S2/c1-13-18(21(27)31-10-9-30-2)19(16-4-3-11-32-16)24-20(26)17(33-22(24)23-13)12-14-5-7-15(8-6-14)25(28)29/h3-8,11-12,19H,9-10H2,1-2H3/b17-12-/t19-/m0/s1. The van der Waals surface area contributed by atoms with Gasteiger partial charge in [-0.15, -0.1) is 11.3 Å². The molecule has 0 spiro atoms. The molecule has 9 nitrogen and oxygen atoms in total. The summed E-state index contributed by atoms with van der Waals surface area (Å²) in [5.74, 6) is -0.545. The molecule has 1 atom stereocenters. The van der Waals surface area contributed by atoms with Gasteiger partial charge in [-0.05, 0) is 42.1 Å². The van der Waals surface area contributed by atoms with Crippen molar-refractivity contribution >= 4 is 40.4 Å². The third-order valence-electron chi connectivity index (χ3n) is 4.98. The molecule has 11 heteroatoms. The lowest BCUT2D eigenvalue weighted by Gasteiger charge is -2.23. The van der Waals surface area contributed by atoms with Crippen molar-refractivity contribution in [1.29, 1.82) is 0 Å². The summed E-state index contributed by atoms with van der Waals surface area (Å²) < 4.78 is 12.2. The molecule has 33 heavy (non-hydrogen) atoms. The minimum Gasteiger partial charge on any atom is -0.460 e. The Morgan fingerprint density at radius 2 is 2.03 bits per heavy atom. The van der Waals surface area contributed by atoms with Gasteiger partial charge in [0.1, 0.15) is 12.6 Å². The highest BCUT2D eigenvalue weighted by atomic mass is 32.1. The van der Waals surface area contributed by atoms with Gasteiger partial charge < -0.3 is 9.47 Å². The highest BCUT2D eigenvalue weighted by Crippen LogP contribution is 2.33. The molecule has 1 aliphatic heterocycles. The van der Waals surface area contributed by atoms with Gasteiger partial charge in [0, 0.05) is 24.1 Å². The number of hydrogen-bond donors (Lipinski definition) is 0. The van der Waals surface area contributed by atoms with Crippen molar-refractivity contribution in [2.75, 3.05) is 20.3 Å². The molecule has 3 heterocycles. The van der Waals surface area contributed by atoms with Crippen molar-refractivity contribution in [2.24, 2.45) is 4.99 Å². The number of ether oxygens (including phenoxy) is 2. The largest absolute Gasteiger partial charge is 0.460 e. The molecule has 4 rings (SSSR count). The zero-order valence-electron chi connectivity index (χ0n) is 17.7. The summed E-state index contributed by atoms with van der Waals surface area (Å²) in [6.07, 6.45) is 1.66. The number of nitro benzene ring substituents is 1. The number of non-ortho nitro benzene ring substituents is 1. The van der Waals surface area contributed by atoms with Crippen LogP contribution in [0.4, 0.5) is 5.69 Å². The molecule has 0 saturated carbocycles. The van der Waals surface area contributed by atoms with Gasteiger partial charge in [-0.25, -0.2) is 9.79 Å². The van der Waals surface area contributed by atoms with Crippen LogP contribution in [0.3, 0.4) is 0 Å². The molecule has 0 amide bonds. The first-order valence-corrected chi connectivity index (χ1v) is 11.6. The first-order valence-electron chi connectivity index (χ1n) is 9.87. The Labute approximate surface area is 195 Å². The third kappa shape index (κ3) is 4.56. The Bertz CT molecular complexity index is 1400. The molecule has 0 N–H and O–H groups in total. The van der Waals surface area contributed by atoms with E-state index in [4.69, 9.17) is 9.47 Å². The second-order valence-electron chi connectivity index (χ2n) is 7.07. The van der Waals surface area contributed by atoms with Crippen LogP contribution in [0, 0.1) is 10.1 Å². The molecule has 0 aliphatic carbocycles. The molecular weight excluding hydrogens is 466 g/mol. The number of nitro groups is 1.